The molecule has 0 amide bonds. The maximum Gasteiger partial charge on any atom is 0.146 e. The van der Waals surface area contributed by atoms with Gasteiger partial charge in [-0.15, -0.1) is 0 Å². The Kier molecular flexibility index (Phi) is 2.51. The Morgan fingerprint density at radius 2 is 2.00 bits per heavy atom. The normalized spacial score (nSPS) is 26.9. The van der Waals surface area contributed by atoms with Crippen molar-refractivity contribution in [2.75, 3.05) is 18.0 Å². The van der Waals surface area contributed by atoms with E-state index in [1.807, 2.05) is 19.1 Å². The van der Waals surface area contributed by atoms with E-state index >= 15 is 0 Å². The molecule has 88 valence electrons. The Bertz CT molecular complexity index is 463. The van der Waals surface area contributed by atoms with Crippen LogP contribution in [-0.2, 0) is 0 Å². The summed E-state index contributed by atoms with van der Waals surface area (Å²) in [5.41, 5.74) is 1.71. The smallest absolute Gasteiger partial charge is 0.146 e. The van der Waals surface area contributed by atoms with Gasteiger partial charge >= 0.3 is 0 Å². The zero-order chi connectivity index (χ0) is 11.8. The second-order valence-electron chi connectivity index (χ2n) is 5.29. The molecule has 1 aromatic rings. The molecule has 2 unspecified atom stereocenters. The lowest BCUT2D eigenvalue weighted by Crippen LogP contribution is -2.23. The summed E-state index contributed by atoms with van der Waals surface area (Å²) in [6.45, 7) is 4.17. The number of fused-ring (bicyclic) bond motifs is 1. The second kappa shape index (κ2) is 4.03. The Morgan fingerprint density at radius 3 is 2.65 bits per heavy atom. The number of aromatic nitrogens is 1. The maximum atomic E-state index is 9.16. The number of aryl methyl sites for hydroxylation is 1. The maximum absolute atomic E-state index is 9.16. The van der Waals surface area contributed by atoms with Crippen molar-refractivity contribution in [1.29, 1.82) is 5.26 Å². The summed E-state index contributed by atoms with van der Waals surface area (Å²) in [4.78, 5) is 6.88. The van der Waals surface area contributed by atoms with Crippen LogP contribution >= 0.6 is 0 Å². The SMILES string of the molecule is Cc1ccc(C#N)c(N2CC3CCCC3C2)n1. The van der Waals surface area contributed by atoms with Crippen molar-refractivity contribution < 1.29 is 0 Å². The number of anilines is 1. The Morgan fingerprint density at radius 1 is 1.29 bits per heavy atom. The van der Waals surface area contributed by atoms with Crippen LogP contribution in [0.1, 0.15) is 30.5 Å². The van der Waals surface area contributed by atoms with Crippen molar-refractivity contribution in [2.24, 2.45) is 11.8 Å². The van der Waals surface area contributed by atoms with Crippen LogP contribution in [0.2, 0.25) is 0 Å². The van der Waals surface area contributed by atoms with Crippen LogP contribution in [-0.4, -0.2) is 18.1 Å². The van der Waals surface area contributed by atoms with Gasteiger partial charge in [0.1, 0.15) is 11.9 Å². The summed E-state index contributed by atoms with van der Waals surface area (Å²) in [6.07, 6.45) is 4.10. The Hall–Kier alpha value is -1.56. The molecule has 0 N–H and O–H groups in total. The first-order valence-electron chi connectivity index (χ1n) is 6.40. The third kappa shape index (κ3) is 1.78. The predicted molar refractivity (Wildman–Crippen MR) is 66.7 cm³/mol. The minimum absolute atomic E-state index is 0.718. The molecule has 3 rings (SSSR count). The van der Waals surface area contributed by atoms with E-state index in [4.69, 9.17) is 5.26 Å². The molecule has 1 saturated heterocycles. The number of pyridine rings is 1. The summed E-state index contributed by atoms with van der Waals surface area (Å²) in [5, 5.41) is 9.16. The molecule has 17 heavy (non-hydrogen) atoms. The van der Waals surface area contributed by atoms with Crippen LogP contribution in [0.15, 0.2) is 12.1 Å². The first-order chi connectivity index (χ1) is 8.28. The fourth-order valence-corrected chi connectivity index (χ4v) is 3.28. The van der Waals surface area contributed by atoms with Gasteiger partial charge in [-0.05, 0) is 43.7 Å². The molecule has 0 spiro atoms. The Balaban J connectivity index is 1.90. The van der Waals surface area contributed by atoms with Gasteiger partial charge in [-0.2, -0.15) is 5.26 Å². The summed E-state index contributed by atoms with van der Waals surface area (Å²) >= 11 is 0. The predicted octanol–water partition coefficient (Wildman–Crippen LogP) is 2.50. The largest absolute Gasteiger partial charge is 0.355 e. The molecule has 2 fully saturated rings. The first kappa shape index (κ1) is 10.6. The van der Waals surface area contributed by atoms with Gasteiger partial charge in [0.15, 0.2) is 0 Å². The molecule has 3 nitrogen and oxygen atoms in total. The van der Waals surface area contributed by atoms with Crippen molar-refractivity contribution >= 4 is 5.82 Å². The van der Waals surface area contributed by atoms with Gasteiger partial charge in [0, 0.05) is 18.8 Å². The van der Waals surface area contributed by atoms with Gasteiger partial charge in [0.25, 0.3) is 0 Å². The molecular formula is C14H17N3. The minimum Gasteiger partial charge on any atom is -0.355 e. The van der Waals surface area contributed by atoms with Gasteiger partial charge < -0.3 is 4.90 Å². The highest BCUT2D eigenvalue weighted by Crippen LogP contribution is 2.39. The topological polar surface area (TPSA) is 39.9 Å². The molecule has 1 aliphatic heterocycles. The lowest BCUT2D eigenvalue weighted by molar-refractivity contribution is 0.494. The van der Waals surface area contributed by atoms with Crippen molar-refractivity contribution in [3.05, 3.63) is 23.4 Å². The summed E-state index contributed by atoms with van der Waals surface area (Å²) < 4.78 is 0. The quantitative estimate of drug-likeness (QED) is 0.740. The van der Waals surface area contributed by atoms with Crippen molar-refractivity contribution in [3.63, 3.8) is 0 Å². The minimum atomic E-state index is 0.718. The van der Waals surface area contributed by atoms with E-state index < -0.39 is 0 Å². The van der Waals surface area contributed by atoms with Gasteiger partial charge in [0.2, 0.25) is 0 Å². The van der Waals surface area contributed by atoms with Crippen molar-refractivity contribution in [1.82, 2.24) is 4.98 Å². The molecule has 2 atom stereocenters. The fourth-order valence-electron chi connectivity index (χ4n) is 3.28. The monoisotopic (exact) mass is 227 g/mol. The zero-order valence-electron chi connectivity index (χ0n) is 10.2. The van der Waals surface area contributed by atoms with Crippen LogP contribution in [0.3, 0.4) is 0 Å². The number of nitrogens with zero attached hydrogens (tertiary/aromatic N) is 3. The van der Waals surface area contributed by atoms with E-state index in [1.54, 1.807) is 0 Å². The van der Waals surface area contributed by atoms with Gasteiger partial charge in [0.05, 0.1) is 5.56 Å². The van der Waals surface area contributed by atoms with E-state index in [2.05, 4.69) is 16.0 Å². The number of hydrogen-bond acceptors (Lipinski definition) is 3. The zero-order valence-corrected chi connectivity index (χ0v) is 10.2. The van der Waals surface area contributed by atoms with E-state index in [0.717, 1.165) is 42.0 Å². The van der Waals surface area contributed by atoms with Crippen LogP contribution < -0.4 is 4.90 Å². The molecule has 0 aromatic carbocycles. The standard InChI is InChI=1S/C14H17N3/c1-10-5-6-11(7-15)14(16-10)17-8-12-3-2-4-13(12)9-17/h5-6,12-13H,2-4,8-9H2,1H3. The highest BCUT2D eigenvalue weighted by atomic mass is 15.2. The van der Waals surface area contributed by atoms with E-state index in [1.165, 1.54) is 19.3 Å². The van der Waals surface area contributed by atoms with Crippen molar-refractivity contribution in [3.8, 4) is 6.07 Å². The molecule has 3 heteroatoms. The lowest BCUT2D eigenvalue weighted by Gasteiger charge is -2.19. The third-order valence-corrected chi connectivity index (χ3v) is 4.16. The highest BCUT2D eigenvalue weighted by molar-refractivity contribution is 5.55. The molecule has 1 aliphatic carbocycles. The summed E-state index contributed by atoms with van der Waals surface area (Å²) in [5.74, 6) is 2.58. The average molecular weight is 227 g/mol. The summed E-state index contributed by atoms with van der Waals surface area (Å²) in [6, 6.07) is 6.07. The average Bonchev–Trinajstić information content (AvgIpc) is 2.88. The van der Waals surface area contributed by atoms with Crippen molar-refractivity contribution in [2.45, 2.75) is 26.2 Å². The number of hydrogen-bond donors (Lipinski definition) is 0. The van der Waals surface area contributed by atoms with E-state index in [9.17, 15) is 0 Å². The van der Waals surface area contributed by atoms with Gasteiger partial charge in [-0.25, -0.2) is 4.98 Å². The highest BCUT2D eigenvalue weighted by Gasteiger charge is 2.37. The lowest BCUT2D eigenvalue weighted by atomic mass is 10.0. The first-order valence-corrected chi connectivity index (χ1v) is 6.40. The molecule has 0 bridgehead atoms. The molecule has 2 heterocycles. The number of nitriles is 1. The van der Waals surface area contributed by atoms with Crippen LogP contribution in [0.4, 0.5) is 5.82 Å². The molecule has 1 aromatic heterocycles. The molecule has 1 saturated carbocycles. The van der Waals surface area contributed by atoms with E-state index in [-0.39, 0.29) is 0 Å². The number of rotatable bonds is 1. The van der Waals surface area contributed by atoms with Crippen LogP contribution in [0.25, 0.3) is 0 Å². The summed E-state index contributed by atoms with van der Waals surface area (Å²) in [7, 11) is 0. The van der Waals surface area contributed by atoms with Crippen LogP contribution in [0, 0.1) is 30.1 Å². The van der Waals surface area contributed by atoms with Gasteiger partial charge in [-0.1, -0.05) is 6.42 Å². The molecular weight excluding hydrogens is 210 g/mol. The molecule has 2 aliphatic rings. The van der Waals surface area contributed by atoms with Crippen LogP contribution in [0.5, 0.6) is 0 Å². The Labute approximate surface area is 102 Å². The second-order valence-corrected chi connectivity index (χ2v) is 5.29. The fraction of sp³-hybridized carbons (Fsp3) is 0.571. The van der Waals surface area contributed by atoms with Gasteiger partial charge in [-0.3, -0.25) is 0 Å². The van der Waals surface area contributed by atoms with E-state index in [0.29, 0.717) is 0 Å². The third-order valence-electron chi connectivity index (χ3n) is 4.16. The molecule has 0 radical (unpaired) electrons.